The van der Waals surface area contributed by atoms with Gasteiger partial charge < -0.3 is 0 Å². The second kappa shape index (κ2) is 2.67. The van der Waals surface area contributed by atoms with Gasteiger partial charge in [-0.05, 0) is 12.0 Å². The average molecular weight is 159 g/mol. The standard InChI is InChI=1S/C11H11O/c1-2-8-3-4-9-5-6-11(12)10(9)7-8/h2-4,7H,5-6H2,1H3/q+1. The highest BCUT2D eigenvalue weighted by molar-refractivity contribution is 6.00. The van der Waals surface area contributed by atoms with E-state index in [9.17, 15) is 4.79 Å². The summed E-state index contributed by atoms with van der Waals surface area (Å²) in [4.78, 5) is 11.3. The van der Waals surface area contributed by atoms with Gasteiger partial charge in [-0.1, -0.05) is 0 Å². The number of carbonyl (C=O) groups excluding carboxylic acids is 1. The Morgan fingerprint density at radius 1 is 1.33 bits per heavy atom. The second-order valence-corrected chi connectivity index (χ2v) is 3.13. The Labute approximate surface area is 72.4 Å². The maximum absolute atomic E-state index is 11.3. The predicted molar refractivity (Wildman–Crippen MR) is 48.2 cm³/mol. The van der Waals surface area contributed by atoms with Crippen molar-refractivity contribution in [1.82, 2.24) is 0 Å². The monoisotopic (exact) mass is 159 g/mol. The molecule has 0 amide bonds. The highest BCUT2D eigenvalue weighted by Crippen LogP contribution is 2.23. The van der Waals surface area contributed by atoms with Crippen molar-refractivity contribution in [2.24, 2.45) is 0 Å². The fourth-order valence-corrected chi connectivity index (χ4v) is 1.63. The van der Waals surface area contributed by atoms with Gasteiger partial charge in [0.05, 0.1) is 11.6 Å². The van der Waals surface area contributed by atoms with E-state index in [1.807, 2.05) is 19.4 Å². The minimum absolute atomic E-state index is 0.300. The Morgan fingerprint density at radius 3 is 2.92 bits per heavy atom. The molecule has 0 saturated carbocycles. The molecule has 0 saturated heterocycles. The van der Waals surface area contributed by atoms with Gasteiger partial charge in [-0.25, -0.2) is 0 Å². The summed E-state index contributed by atoms with van der Waals surface area (Å²) in [5, 5.41) is 0. The number of hydrogen-bond acceptors (Lipinski definition) is 1. The van der Waals surface area contributed by atoms with Crippen molar-refractivity contribution in [2.75, 3.05) is 0 Å². The summed E-state index contributed by atoms with van der Waals surface area (Å²) in [6, 6.07) is 6.12. The molecule has 0 N–H and O–H groups in total. The zero-order valence-electron chi connectivity index (χ0n) is 7.13. The normalized spacial score (nSPS) is 14.6. The molecule has 0 bridgehead atoms. The van der Waals surface area contributed by atoms with E-state index < -0.39 is 0 Å². The Morgan fingerprint density at radius 2 is 2.17 bits per heavy atom. The van der Waals surface area contributed by atoms with Crippen LogP contribution in [0, 0.1) is 6.42 Å². The zero-order chi connectivity index (χ0) is 8.55. The quantitative estimate of drug-likeness (QED) is 0.575. The number of Topliss-reactive ketones (excluding diaryl/α,β-unsaturated/α-hetero) is 1. The molecule has 1 aliphatic rings. The maximum Gasteiger partial charge on any atom is 0.176 e. The van der Waals surface area contributed by atoms with Gasteiger partial charge in [0.1, 0.15) is 5.56 Å². The van der Waals surface area contributed by atoms with Crippen LogP contribution in [0.25, 0.3) is 0 Å². The van der Waals surface area contributed by atoms with Crippen LogP contribution in [0.2, 0.25) is 0 Å². The summed E-state index contributed by atoms with van der Waals surface area (Å²) in [5.74, 6) is 0.300. The van der Waals surface area contributed by atoms with E-state index >= 15 is 0 Å². The van der Waals surface area contributed by atoms with Crippen LogP contribution in [-0.4, -0.2) is 5.78 Å². The van der Waals surface area contributed by atoms with Crippen molar-refractivity contribution >= 4 is 5.78 Å². The van der Waals surface area contributed by atoms with E-state index in [1.165, 1.54) is 5.56 Å². The number of fused-ring (bicyclic) bond motifs is 1. The molecule has 1 aromatic rings. The number of benzene rings is 1. The van der Waals surface area contributed by atoms with Crippen molar-refractivity contribution in [3.8, 4) is 0 Å². The topological polar surface area (TPSA) is 17.1 Å². The molecule has 1 nitrogen and oxygen atoms in total. The molecular formula is C11H11O+. The Bertz CT molecular complexity index is 326. The van der Waals surface area contributed by atoms with Gasteiger partial charge in [-0.2, -0.15) is 0 Å². The summed E-state index contributed by atoms with van der Waals surface area (Å²) in [6.45, 7) is 1.99. The van der Waals surface area contributed by atoms with Gasteiger partial charge in [-0.3, -0.25) is 4.79 Å². The molecule has 0 atom stereocenters. The van der Waals surface area contributed by atoms with Crippen molar-refractivity contribution in [3.63, 3.8) is 0 Å². The lowest BCUT2D eigenvalue weighted by Gasteiger charge is -1.92. The SMILES string of the molecule is C[CH+]c1ccc2c(c1)C(=O)CC2. The van der Waals surface area contributed by atoms with Crippen LogP contribution in [0.4, 0.5) is 0 Å². The fourth-order valence-electron chi connectivity index (χ4n) is 1.63. The molecule has 0 aliphatic heterocycles. The molecule has 0 spiro atoms. The average Bonchev–Trinajstić information content (AvgIpc) is 2.47. The highest BCUT2D eigenvalue weighted by Gasteiger charge is 2.22. The van der Waals surface area contributed by atoms with Crippen molar-refractivity contribution in [1.29, 1.82) is 0 Å². The summed E-state index contributed by atoms with van der Waals surface area (Å²) >= 11 is 0. The smallest absolute Gasteiger partial charge is 0.176 e. The van der Waals surface area contributed by atoms with E-state index in [0.717, 1.165) is 17.5 Å². The van der Waals surface area contributed by atoms with Crippen LogP contribution in [0.3, 0.4) is 0 Å². The zero-order valence-corrected chi connectivity index (χ0v) is 7.13. The summed E-state index contributed by atoms with van der Waals surface area (Å²) in [6.07, 6.45) is 3.65. The van der Waals surface area contributed by atoms with Crippen molar-refractivity contribution in [2.45, 2.75) is 19.8 Å². The molecular weight excluding hydrogens is 148 g/mol. The molecule has 0 unspecified atom stereocenters. The number of rotatable bonds is 1. The van der Waals surface area contributed by atoms with Crippen LogP contribution in [-0.2, 0) is 6.42 Å². The molecule has 0 heterocycles. The number of hydrogen-bond donors (Lipinski definition) is 0. The van der Waals surface area contributed by atoms with Crippen molar-refractivity contribution < 1.29 is 4.79 Å². The van der Waals surface area contributed by atoms with Crippen LogP contribution < -0.4 is 0 Å². The van der Waals surface area contributed by atoms with E-state index in [4.69, 9.17) is 0 Å². The first kappa shape index (κ1) is 7.41. The van der Waals surface area contributed by atoms with Crippen molar-refractivity contribution in [3.05, 3.63) is 41.3 Å². The second-order valence-electron chi connectivity index (χ2n) is 3.13. The lowest BCUT2D eigenvalue weighted by Crippen LogP contribution is -1.92. The predicted octanol–water partition coefficient (Wildman–Crippen LogP) is 2.39. The third-order valence-corrected chi connectivity index (χ3v) is 2.39. The van der Waals surface area contributed by atoms with E-state index in [0.29, 0.717) is 12.2 Å². The lowest BCUT2D eigenvalue weighted by molar-refractivity contribution is 0.0994. The van der Waals surface area contributed by atoms with Crippen LogP contribution in [0.15, 0.2) is 18.2 Å². The van der Waals surface area contributed by atoms with Gasteiger partial charge >= 0.3 is 0 Å². The van der Waals surface area contributed by atoms with E-state index in [-0.39, 0.29) is 0 Å². The highest BCUT2D eigenvalue weighted by atomic mass is 16.1. The van der Waals surface area contributed by atoms with Gasteiger partial charge in [-0.15, -0.1) is 0 Å². The molecule has 1 heteroatoms. The minimum Gasteiger partial charge on any atom is -0.293 e. The van der Waals surface area contributed by atoms with Gasteiger partial charge in [0, 0.05) is 31.9 Å². The largest absolute Gasteiger partial charge is 0.293 e. The summed E-state index contributed by atoms with van der Waals surface area (Å²) in [5.41, 5.74) is 3.29. The number of carbonyl (C=O) groups is 1. The third kappa shape index (κ3) is 1.02. The Kier molecular flexibility index (Phi) is 1.65. The van der Waals surface area contributed by atoms with Gasteiger partial charge in [0.15, 0.2) is 5.78 Å². The summed E-state index contributed by atoms with van der Waals surface area (Å²) < 4.78 is 0. The van der Waals surface area contributed by atoms with Crippen LogP contribution in [0.5, 0.6) is 0 Å². The molecule has 1 aliphatic carbocycles. The van der Waals surface area contributed by atoms with Gasteiger partial charge in [0.2, 0.25) is 0 Å². The number of aryl methyl sites for hydroxylation is 1. The molecule has 0 radical (unpaired) electrons. The molecule has 0 aromatic heterocycles. The Hall–Kier alpha value is -1.24. The third-order valence-electron chi connectivity index (χ3n) is 2.39. The molecule has 1 aromatic carbocycles. The number of ketones is 1. The maximum atomic E-state index is 11.3. The van der Waals surface area contributed by atoms with Crippen LogP contribution in [0.1, 0.15) is 34.8 Å². The Balaban J connectivity index is 2.50. The molecule has 60 valence electrons. The first-order valence-corrected chi connectivity index (χ1v) is 4.27. The molecule has 0 fully saturated rings. The van der Waals surface area contributed by atoms with E-state index in [1.54, 1.807) is 0 Å². The lowest BCUT2D eigenvalue weighted by atomic mass is 10.0. The summed E-state index contributed by atoms with van der Waals surface area (Å²) in [7, 11) is 0. The minimum atomic E-state index is 0.300. The molecule has 12 heavy (non-hydrogen) atoms. The van der Waals surface area contributed by atoms with Gasteiger partial charge in [0.25, 0.3) is 0 Å². The molecule has 2 rings (SSSR count). The first-order valence-electron chi connectivity index (χ1n) is 4.27. The van der Waals surface area contributed by atoms with E-state index in [2.05, 4.69) is 12.1 Å². The van der Waals surface area contributed by atoms with Crippen LogP contribution >= 0.6 is 0 Å². The first-order chi connectivity index (χ1) is 5.81. The fraction of sp³-hybridized carbons (Fsp3) is 0.273.